The van der Waals surface area contributed by atoms with Crippen LogP contribution in [0.1, 0.15) is 48.4 Å². The molecule has 2 aliphatic heterocycles. The molecule has 3 atom stereocenters. The van der Waals surface area contributed by atoms with E-state index in [9.17, 15) is 4.79 Å². The van der Waals surface area contributed by atoms with Crippen molar-refractivity contribution in [2.75, 3.05) is 32.7 Å². The highest BCUT2D eigenvalue weighted by molar-refractivity contribution is 5.92. The molecule has 1 amide bonds. The Kier molecular flexibility index (Phi) is 4.11. The number of likely N-dealkylation sites (tertiary alicyclic amines) is 1. The largest absolute Gasteiger partial charge is 0.360 e. The molecule has 3 fully saturated rings. The van der Waals surface area contributed by atoms with Crippen molar-refractivity contribution in [3.63, 3.8) is 0 Å². The molecule has 6 heteroatoms. The lowest BCUT2D eigenvalue weighted by Gasteiger charge is -2.19. The van der Waals surface area contributed by atoms with Gasteiger partial charge in [-0.15, -0.1) is 0 Å². The first-order valence-corrected chi connectivity index (χ1v) is 8.89. The number of nitrogens with zero attached hydrogens (tertiary/aromatic N) is 2. The van der Waals surface area contributed by atoms with Crippen molar-refractivity contribution in [2.24, 2.45) is 11.8 Å². The normalized spacial score (nSPS) is 31.6. The van der Waals surface area contributed by atoms with Crippen LogP contribution in [-0.4, -0.2) is 54.7 Å². The molecule has 4 rings (SSSR count). The van der Waals surface area contributed by atoms with Gasteiger partial charge in [0.05, 0.1) is 0 Å². The summed E-state index contributed by atoms with van der Waals surface area (Å²) in [7, 11) is 0. The van der Waals surface area contributed by atoms with Crippen LogP contribution in [0.5, 0.6) is 0 Å². The van der Waals surface area contributed by atoms with Gasteiger partial charge >= 0.3 is 0 Å². The summed E-state index contributed by atoms with van der Waals surface area (Å²) < 4.78 is 5.28. The van der Waals surface area contributed by atoms with Crippen molar-refractivity contribution >= 4 is 5.91 Å². The fourth-order valence-electron chi connectivity index (χ4n) is 3.84. The summed E-state index contributed by atoms with van der Waals surface area (Å²) in [5.74, 6) is 2.49. The Bertz CT molecular complexity index is 563. The molecule has 23 heavy (non-hydrogen) atoms. The van der Waals surface area contributed by atoms with Crippen LogP contribution in [0.2, 0.25) is 0 Å². The zero-order valence-electron chi connectivity index (χ0n) is 13.8. The Morgan fingerprint density at radius 3 is 3.04 bits per heavy atom. The van der Waals surface area contributed by atoms with E-state index >= 15 is 0 Å². The fraction of sp³-hybridized carbons (Fsp3) is 0.765. The molecule has 0 aromatic carbocycles. The third-order valence-corrected chi connectivity index (χ3v) is 5.42. The molecular formula is C17H26N4O2. The minimum Gasteiger partial charge on any atom is -0.360 e. The van der Waals surface area contributed by atoms with Crippen LogP contribution < -0.4 is 10.6 Å². The van der Waals surface area contributed by atoms with Crippen molar-refractivity contribution in [2.45, 2.75) is 38.1 Å². The maximum Gasteiger partial charge on any atom is 0.273 e. The first kappa shape index (κ1) is 15.1. The molecule has 0 radical (unpaired) electrons. The Hall–Kier alpha value is -1.40. The molecule has 1 aliphatic carbocycles. The van der Waals surface area contributed by atoms with Gasteiger partial charge in [0.15, 0.2) is 5.69 Å². The van der Waals surface area contributed by atoms with Crippen LogP contribution in [0.25, 0.3) is 0 Å². The van der Waals surface area contributed by atoms with E-state index in [4.69, 9.17) is 4.52 Å². The summed E-state index contributed by atoms with van der Waals surface area (Å²) in [6.07, 6.45) is 3.58. The van der Waals surface area contributed by atoms with Crippen LogP contribution in [0.4, 0.5) is 0 Å². The van der Waals surface area contributed by atoms with Crippen molar-refractivity contribution in [1.29, 1.82) is 0 Å². The quantitative estimate of drug-likeness (QED) is 0.854. The SMILES string of the molecule is C[C@H]1CN(CC2CCNC2)CC1NC(=O)c1cc(C2CC2)on1. The van der Waals surface area contributed by atoms with Crippen molar-refractivity contribution in [3.05, 3.63) is 17.5 Å². The van der Waals surface area contributed by atoms with Gasteiger partial charge in [0.1, 0.15) is 5.76 Å². The summed E-state index contributed by atoms with van der Waals surface area (Å²) >= 11 is 0. The van der Waals surface area contributed by atoms with E-state index in [1.165, 1.54) is 6.42 Å². The number of amides is 1. The van der Waals surface area contributed by atoms with E-state index in [0.717, 1.165) is 57.2 Å². The highest BCUT2D eigenvalue weighted by Gasteiger charge is 2.34. The van der Waals surface area contributed by atoms with E-state index in [2.05, 4.69) is 27.6 Å². The standard InChI is InChI=1S/C17H26N4O2/c1-11-8-21(9-12-4-5-18-7-12)10-15(11)19-17(22)14-6-16(23-20-14)13-2-3-13/h6,11-13,15,18H,2-5,7-10H2,1H3,(H,19,22)/t11-,12?,15?/m0/s1. The lowest BCUT2D eigenvalue weighted by atomic mass is 10.1. The number of carbonyl (C=O) groups is 1. The Morgan fingerprint density at radius 1 is 1.43 bits per heavy atom. The number of carbonyl (C=O) groups excluding carboxylic acids is 1. The van der Waals surface area contributed by atoms with Crippen LogP contribution in [-0.2, 0) is 0 Å². The number of aromatic nitrogens is 1. The number of hydrogen-bond acceptors (Lipinski definition) is 5. The summed E-state index contributed by atoms with van der Waals surface area (Å²) in [6, 6.07) is 2.02. The summed E-state index contributed by atoms with van der Waals surface area (Å²) in [5.41, 5.74) is 0.428. The molecule has 6 nitrogen and oxygen atoms in total. The van der Waals surface area contributed by atoms with Gasteiger partial charge in [-0.25, -0.2) is 0 Å². The van der Waals surface area contributed by atoms with E-state index in [-0.39, 0.29) is 11.9 Å². The third-order valence-electron chi connectivity index (χ3n) is 5.42. The van der Waals surface area contributed by atoms with Crippen molar-refractivity contribution in [1.82, 2.24) is 20.7 Å². The van der Waals surface area contributed by atoms with Crippen LogP contribution in [0.3, 0.4) is 0 Å². The summed E-state index contributed by atoms with van der Waals surface area (Å²) in [6.45, 7) is 7.63. The van der Waals surface area contributed by atoms with Crippen LogP contribution >= 0.6 is 0 Å². The third kappa shape index (κ3) is 3.43. The molecule has 3 heterocycles. The van der Waals surface area contributed by atoms with Gasteiger partial charge in [-0.1, -0.05) is 12.1 Å². The second kappa shape index (κ2) is 6.24. The molecule has 1 aromatic rings. The summed E-state index contributed by atoms with van der Waals surface area (Å²) in [4.78, 5) is 14.9. The molecule has 126 valence electrons. The molecule has 2 N–H and O–H groups in total. The van der Waals surface area contributed by atoms with Crippen molar-refractivity contribution < 1.29 is 9.32 Å². The van der Waals surface area contributed by atoms with E-state index in [1.54, 1.807) is 0 Å². The van der Waals surface area contributed by atoms with Crippen molar-refractivity contribution in [3.8, 4) is 0 Å². The second-order valence-corrected chi connectivity index (χ2v) is 7.52. The first-order valence-electron chi connectivity index (χ1n) is 8.89. The lowest BCUT2D eigenvalue weighted by molar-refractivity contribution is 0.0922. The Balaban J connectivity index is 1.31. The highest BCUT2D eigenvalue weighted by atomic mass is 16.5. The van der Waals surface area contributed by atoms with Gasteiger partial charge in [-0.3, -0.25) is 4.79 Å². The average molecular weight is 318 g/mol. The predicted octanol–water partition coefficient (Wildman–Crippen LogP) is 1.21. The van der Waals surface area contributed by atoms with Crippen LogP contribution in [0, 0.1) is 11.8 Å². The molecular weight excluding hydrogens is 292 g/mol. The molecule has 3 aliphatic rings. The topological polar surface area (TPSA) is 70.4 Å². The fourth-order valence-corrected chi connectivity index (χ4v) is 3.84. The zero-order chi connectivity index (χ0) is 15.8. The molecule has 1 aromatic heterocycles. The lowest BCUT2D eigenvalue weighted by Crippen LogP contribution is -2.40. The van der Waals surface area contributed by atoms with E-state index in [0.29, 0.717) is 17.5 Å². The Labute approximate surface area is 137 Å². The molecule has 0 bridgehead atoms. The van der Waals surface area contributed by atoms with Gasteiger partial charge in [0.25, 0.3) is 5.91 Å². The highest BCUT2D eigenvalue weighted by Crippen LogP contribution is 2.40. The number of rotatable bonds is 5. The monoisotopic (exact) mass is 318 g/mol. The Morgan fingerprint density at radius 2 is 2.30 bits per heavy atom. The molecule has 0 spiro atoms. The van der Waals surface area contributed by atoms with E-state index < -0.39 is 0 Å². The smallest absolute Gasteiger partial charge is 0.273 e. The zero-order valence-corrected chi connectivity index (χ0v) is 13.8. The average Bonchev–Trinajstić information content (AvgIpc) is 2.94. The summed E-state index contributed by atoms with van der Waals surface area (Å²) in [5, 5.41) is 10.5. The maximum absolute atomic E-state index is 12.4. The van der Waals surface area contributed by atoms with Gasteiger partial charge in [-0.05, 0) is 44.2 Å². The van der Waals surface area contributed by atoms with Crippen LogP contribution in [0.15, 0.2) is 10.6 Å². The second-order valence-electron chi connectivity index (χ2n) is 7.52. The minimum absolute atomic E-state index is 0.0955. The first-order chi connectivity index (χ1) is 11.2. The molecule has 2 unspecified atom stereocenters. The van der Waals surface area contributed by atoms with Gasteiger partial charge in [0.2, 0.25) is 0 Å². The number of nitrogens with one attached hydrogen (secondary N) is 2. The molecule has 1 saturated carbocycles. The predicted molar refractivity (Wildman–Crippen MR) is 86.3 cm³/mol. The van der Waals surface area contributed by atoms with Gasteiger partial charge in [0, 0.05) is 37.7 Å². The van der Waals surface area contributed by atoms with E-state index in [1.807, 2.05) is 6.07 Å². The number of hydrogen-bond donors (Lipinski definition) is 2. The maximum atomic E-state index is 12.4. The minimum atomic E-state index is -0.0955. The molecule has 2 saturated heterocycles. The van der Waals surface area contributed by atoms with Gasteiger partial charge < -0.3 is 20.1 Å². The van der Waals surface area contributed by atoms with Gasteiger partial charge in [-0.2, -0.15) is 0 Å².